The van der Waals surface area contributed by atoms with Crippen LogP contribution in [0.25, 0.3) is 0 Å². The molecule has 1 aliphatic carbocycles. The van der Waals surface area contributed by atoms with Crippen molar-refractivity contribution in [2.24, 2.45) is 11.7 Å². The van der Waals surface area contributed by atoms with Gasteiger partial charge >= 0.3 is 0 Å². The summed E-state index contributed by atoms with van der Waals surface area (Å²) in [6.07, 6.45) is 2.28. The molecule has 0 radical (unpaired) electrons. The average molecular weight is 255 g/mol. The maximum atomic E-state index is 11.8. The van der Waals surface area contributed by atoms with Crippen molar-refractivity contribution in [3.05, 3.63) is 28.8 Å². The quantitative estimate of drug-likeness (QED) is 0.762. The maximum Gasteiger partial charge on any atom is 0.255 e. The van der Waals surface area contributed by atoms with Gasteiger partial charge in [-0.3, -0.25) is 4.79 Å². The predicted molar refractivity (Wildman–Crippen MR) is 66.1 cm³/mol. The Bertz CT molecular complexity index is 433. The highest BCUT2D eigenvalue weighted by Crippen LogP contribution is 2.31. The molecule has 1 aromatic rings. The topological polar surface area (TPSA) is 75.3 Å². The summed E-state index contributed by atoms with van der Waals surface area (Å²) in [6.45, 7) is 0.426. The molecular formula is C12H15ClN2O2. The van der Waals surface area contributed by atoms with Crippen molar-refractivity contribution in [1.82, 2.24) is 5.32 Å². The zero-order valence-corrected chi connectivity index (χ0v) is 10.1. The van der Waals surface area contributed by atoms with Crippen LogP contribution in [0.4, 0.5) is 0 Å². The lowest BCUT2D eigenvalue weighted by Gasteiger charge is -2.12. The van der Waals surface area contributed by atoms with E-state index in [-0.39, 0.29) is 23.3 Å². The molecular weight excluding hydrogens is 240 g/mol. The van der Waals surface area contributed by atoms with Crippen LogP contribution in [0.2, 0.25) is 5.02 Å². The second kappa shape index (κ2) is 4.94. The zero-order valence-electron chi connectivity index (χ0n) is 9.32. The normalized spacial score (nSPS) is 16.6. The lowest BCUT2D eigenvalue weighted by molar-refractivity contribution is 0.0947. The van der Waals surface area contributed by atoms with Crippen molar-refractivity contribution < 1.29 is 9.90 Å². The van der Waals surface area contributed by atoms with E-state index in [1.165, 1.54) is 18.2 Å². The molecule has 92 valence electrons. The second-order valence-corrected chi connectivity index (χ2v) is 4.81. The molecule has 1 amide bonds. The smallest absolute Gasteiger partial charge is 0.255 e. The van der Waals surface area contributed by atoms with Gasteiger partial charge in [0.25, 0.3) is 5.91 Å². The van der Waals surface area contributed by atoms with E-state index in [1.54, 1.807) is 0 Å². The van der Waals surface area contributed by atoms with Gasteiger partial charge in [-0.05, 0) is 37.0 Å². The van der Waals surface area contributed by atoms with Crippen LogP contribution >= 0.6 is 11.6 Å². The number of phenols is 1. The van der Waals surface area contributed by atoms with E-state index < -0.39 is 0 Å². The van der Waals surface area contributed by atoms with E-state index in [4.69, 9.17) is 17.3 Å². The Morgan fingerprint density at radius 2 is 2.29 bits per heavy atom. The molecule has 1 atom stereocenters. The minimum atomic E-state index is -0.346. The molecule has 0 spiro atoms. The fourth-order valence-corrected chi connectivity index (χ4v) is 1.86. The molecule has 0 saturated heterocycles. The van der Waals surface area contributed by atoms with Gasteiger partial charge in [0.2, 0.25) is 0 Å². The van der Waals surface area contributed by atoms with Crippen molar-refractivity contribution >= 4 is 17.5 Å². The molecule has 4 N–H and O–H groups in total. The number of halogens is 1. The van der Waals surface area contributed by atoms with E-state index in [9.17, 15) is 9.90 Å². The van der Waals surface area contributed by atoms with Gasteiger partial charge in [-0.15, -0.1) is 0 Å². The number of phenolic OH excluding ortho intramolecular Hbond substituents is 1. The Labute approximate surface area is 105 Å². The minimum Gasteiger partial charge on any atom is -0.507 e. The average Bonchev–Trinajstić information content (AvgIpc) is 3.12. The molecule has 0 aromatic heterocycles. The molecule has 0 bridgehead atoms. The predicted octanol–water partition coefficient (Wildman–Crippen LogP) is 1.51. The van der Waals surface area contributed by atoms with Crippen molar-refractivity contribution in [3.8, 4) is 5.75 Å². The molecule has 2 rings (SSSR count). The lowest BCUT2D eigenvalue weighted by Crippen LogP contribution is -2.38. The van der Waals surface area contributed by atoms with Crippen molar-refractivity contribution in [1.29, 1.82) is 0 Å². The van der Waals surface area contributed by atoms with Crippen LogP contribution in [-0.2, 0) is 0 Å². The van der Waals surface area contributed by atoms with Gasteiger partial charge in [0.15, 0.2) is 0 Å². The third-order valence-electron chi connectivity index (χ3n) is 2.93. The third-order valence-corrected chi connectivity index (χ3v) is 3.16. The summed E-state index contributed by atoms with van der Waals surface area (Å²) in [7, 11) is 0. The van der Waals surface area contributed by atoms with E-state index >= 15 is 0 Å². The Balaban J connectivity index is 1.96. The fraction of sp³-hybridized carbons (Fsp3) is 0.417. The maximum absolute atomic E-state index is 11.8. The summed E-state index contributed by atoms with van der Waals surface area (Å²) in [5.74, 6) is 0.108. The summed E-state index contributed by atoms with van der Waals surface area (Å²) >= 11 is 5.77. The van der Waals surface area contributed by atoms with Crippen LogP contribution in [0.3, 0.4) is 0 Å². The van der Waals surface area contributed by atoms with E-state index in [0.29, 0.717) is 17.5 Å². The molecule has 1 saturated carbocycles. The first-order chi connectivity index (χ1) is 8.08. The number of nitrogens with two attached hydrogens (primary N) is 1. The molecule has 1 unspecified atom stereocenters. The van der Waals surface area contributed by atoms with Gasteiger partial charge < -0.3 is 16.2 Å². The Morgan fingerprint density at radius 1 is 1.59 bits per heavy atom. The Kier molecular flexibility index (Phi) is 3.54. The number of carbonyl (C=O) groups is 1. The number of benzene rings is 1. The summed E-state index contributed by atoms with van der Waals surface area (Å²) in [5, 5.41) is 12.7. The van der Waals surface area contributed by atoms with Crippen molar-refractivity contribution in [2.75, 3.05) is 6.54 Å². The number of carbonyl (C=O) groups excluding carboxylic acids is 1. The SMILES string of the molecule is NC(CNC(=O)c1cc(Cl)ccc1O)C1CC1. The molecule has 1 aliphatic rings. The highest BCUT2D eigenvalue weighted by molar-refractivity contribution is 6.31. The summed E-state index contributed by atoms with van der Waals surface area (Å²) in [4.78, 5) is 11.8. The number of rotatable bonds is 4. The van der Waals surface area contributed by atoms with Crippen LogP contribution in [0.15, 0.2) is 18.2 Å². The molecule has 1 aromatic carbocycles. The third kappa shape index (κ3) is 3.11. The first-order valence-corrected chi connectivity index (χ1v) is 5.98. The number of hydrogen-bond acceptors (Lipinski definition) is 3. The van der Waals surface area contributed by atoms with E-state index in [0.717, 1.165) is 12.8 Å². The minimum absolute atomic E-state index is 0.000257. The number of nitrogens with one attached hydrogen (secondary N) is 1. The number of aromatic hydroxyl groups is 1. The second-order valence-electron chi connectivity index (χ2n) is 4.37. The largest absolute Gasteiger partial charge is 0.507 e. The fourth-order valence-electron chi connectivity index (χ4n) is 1.69. The van der Waals surface area contributed by atoms with E-state index in [1.807, 2.05) is 0 Å². The molecule has 5 heteroatoms. The van der Waals surface area contributed by atoms with Gasteiger partial charge in [-0.2, -0.15) is 0 Å². The highest BCUT2D eigenvalue weighted by atomic mass is 35.5. The van der Waals surface area contributed by atoms with Gasteiger partial charge in [0.1, 0.15) is 5.75 Å². The lowest BCUT2D eigenvalue weighted by atomic mass is 10.1. The van der Waals surface area contributed by atoms with Crippen LogP contribution in [-0.4, -0.2) is 23.6 Å². The standard InChI is InChI=1S/C12H15ClN2O2/c13-8-3-4-11(16)9(5-8)12(17)15-6-10(14)7-1-2-7/h3-5,7,10,16H,1-2,6,14H2,(H,15,17). The molecule has 0 aliphatic heterocycles. The summed E-state index contributed by atoms with van der Waals surface area (Å²) in [6, 6.07) is 4.37. The van der Waals surface area contributed by atoms with Crippen LogP contribution < -0.4 is 11.1 Å². The van der Waals surface area contributed by atoms with Gasteiger partial charge in [-0.1, -0.05) is 11.6 Å². The number of amides is 1. The highest BCUT2D eigenvalue weighted by Gasteiger charge is 2.28. The van der Waals surface area contributed by atoms with Gasteiger partial charge in [0, 0.05) is 17.6 Å². The van der Waals surface area contributed by atoms with Crippen LogP contribution in [0.1, 0.15) is 23.2 Å². The van der Waals surface area contributed by atoms with E-state index in [2.05, 4.69) is 5.32 Å². The van der Waals surface area contributed by atoms with Crippen LogP contribution in [0, 0.1) is 5.92 Å². The van der Waals surface area contributed by atoms with Crippen molar-refractivity contribution in [3.63, 3.8) is 0 Å². The Morgan fingerprint density at radius 3 is 2.94 bits per heavy atom. The molecule has 1 fully saturated rings. The zero-order chi connectivity index (χ0) is 12.4. The van der Waals surface area contributed by atoms with Crippen LogP contribution in [0.5, 0.6) is 5.75 Å². The first-order valence-electron chi connectivity index (χ1n) is 5.60. The molecule has 4 nitrogen and oxygen atoms in total. The monoisotopic (exact) mass is 254 g/mol. The van der Waals surface area contributed by atoms with Gasteiger partial charge in [0.05, 0.1) is 5.56 Å². The summed E-state index contributed by atoms with van der Waals surface area (Å²) < 4.78 is 0. The Hall–Kier alpha value is -1.26. The molecule has 17 heavy (non-hydrogen) atoms. The van der Waals surface area contributed by atoms with Gasteiger partial charge in [-0.25, -0.2) is 0 Å². The number of hydrogen-bond donors (Lipinski definition) is 3. The first kappa shape index (κ1) is 12.2. The summed E-state index contributed by atoms with van der Waals surface area (Å²) in [5.41, 5.74) is 6.05. The van der Waals surface area contributed by atoms with Crippen molar-refractivity contribution in [2.45, 2.75) is 18.9 Å². The molecule has 0 heterocycles.